The molecule has 1 aromatic rings. The Morgan fingerprint density at radius 3 is 2.81 bits per heavy atom. The van der Waals surface area contributed by atoms with E-state index in [1.807, 2.05) is 18.2 Å². The Morgan fingerprint density at radius 2 is 2.31 bits per heavy atom. The molecule has 0 saturated carbocycles. The van der Waals surface area contributed by atoms with Crippen LogP contribution in [0.1, 0.15) is 12.0 Å². The van der Waals surface area contributed by atoms with Crippen LogP contribution in [-0.2, 0) is 0 Å². The molecule has 1 heterocycles. The molecule has 86 valence electrons. The largest absolute Gasteiger partial charge is 0.391 e. The van der Waals surface area contributed by atoms with Gasteiger partial charge in [0, 0.05) is 24.3 Å². The van der Waals surface area contributed by atoms with Crippen LogP contribution in [0.25, 0.3) is 0 Å². The van der Waals surface area contributed by atoms with E-state index in [-0.39, 0.29) is 6.10 Å². The second-order valence-electron chi connectivity index (χ2n) is 3.92. The SMILES string of the molecule is NC(=S)c1ccc(N2CCC(O)C2)cc1Cl. The summed E-state index contributed by atoms with van der Waals surface area (Å²) in [5.41, 5.74) is 7.23. The van der Waals surface area contributed by atoms with E-state index in [4.69, 9.17) is 29.6 Å². The smallest absolute Gasteiger partial charge is 0.105 e. The van der Waals surface area contributed by atoms with E-state index in [0.717, 1.165) is 18.7 Å². The van der Waals surface area contributed by atoms with Crippen molar-refractivity contribution in [1.82, 2.24) is 0 Å². The second kappa shape index (κ2) is 4.57. The summed E-state index contributed by atoms with van der Waals surface area (Å²) in [6, 6.07) is 5.59. The predicted octanol–water partition coefficient (Wildman–Crippen LogP) is 1.55. The van der Waals surface area contributed by atoms with Gasteiger partial charge in [-0.15, -0.1) is 0 Å². The molecule has 1 saturated heterocycles. The van der Waals surface area contributed by atoms with Gasteiger partial charge in [0.1, 0.15) is 4.99 Å². The highest BCUT2D eigenvalue weighted by molar-refractivity contribution is 7.80. The Labute approximate surface area is 105 Å². The molecule has 0 amide bonds. The number of nitrogens with two attached hydrogens (primary N) is 1. The first-order chi connectivity index (χ1) is 7.58. The van der Waals surface area contributed by atoms with Crippen LogP contribution in [0.15, 0.2) is 18.2 Å². The van der Waals surface area contributed by atoms with Crippen LogP contribution in [0.3, 0.4) is 0 Å². The van der Waals surface area contributed by atoms with Gasteiger partial charge in [0.2, 0.25) is 0 Å². The Balaban J connectivity index is 2.24. The summed E-state index contributed by atoms with van der Waals surface area (Å²) in [4.78, 5) is 2.40. The zero-order chi connectivity index (χ0) is 11.7. The normalized spacial score (nSPS) is 20.1. The molecule has 1 aliphatic heterocycles. The number of rotatable bonds is 2. The summed E-state index contributed by atoms with van der Waals surface area (Å²) < 4.78 is 0. The molecular formula is C11H13ClN2OS. The van der Waals surface area contributed by atoms with E-state index < -0.39 is 0 Å². The number of hydrogen-bond donors (Lipinski definition) is 2. The third-order valence-electron chi connectivity index (χ3n) is 2.75. The number of β-amino-alcohol motifs (C(OH)–C–C–N with tert-alkyl or cyclic N) is 1. The molecule has 0 spiro atoms. The van der Waals surface area contributed by atoms with Crippen molar-refractivity contribution in [3.63, 3.8) is 0 Å². The first-order valence-electron chi connectivity index (χ1n) is 5.10. The van der Waals surface area contributed by atoms with Crippen molar-refractivity contribution in [2.75, 3.05) is 18.0 Å². The van der Waals surface area contributed by atoms with E-state index >= 15 is 0 Å². The molecular weight excluding hydrogens is 244 g/mol. The van der Waals surface area contributed by atoms with Crippen LogP contribution in [0.5, 0.6) is 0 Å². The zero-order valence-electron chi connectivity index (χ0n) is 8.69. The molecule has 1 atom stereocenters. The number of benzene rings is 1. The average Bonchev–Trinajstić information content (AvgIpc) is 2.64. The predicted molar refractivity (Wildman–Crippen MR) is 70.2 cm³/mol. The number of halogens is 1. The first kappa shape index (κ1) is 11.6. The molecule has 16 heavy (non-hydrogen) atoms. The lowest BCUT2D eigenvalue weighted by atomic mass is 10.2. The fraction of sp³-hybridized carbons (Fsp3) is 0.364. The van der Waals surface area contributed by atoms with Crippen molar-refractivity contribution >= 4 is 34.5 Å². The fourth-order valence-corrected chi connectivity index (χ4v) is 2.39. The standard InChI is InChI=1S/C11H13ClN2OS/c12-10-5-7(1-2-9(10)11(13)16)14-4-3-8(15)6-14/h1-2,5,8,15H,3-4,6H2,(H2,13,16). The quantitative estimate of drug-likeness (QED) is 0.789. The van der Waals surface area contributed by atoms with Crippen LogP contribution >= 0.6 is 23.8 Å². The summed E-state index contributed by atoms with van der Waals surface area (Å²) in [7, 11) is 0. The van der Waals surface area contributed by atoms with Gasteiger partial charge < -0.3 is 15.7 Å². The van der Waals surface area contributed by atoms with Crippen LogP contribution < -0.4 is 10.6 Å². The maximum Gasteiger partial charge on any atom is 0.105 e. The Morgan fingerprint density at radius 1 is 1.56 bits per heavy atom. The molecule has 5 heteroatoms. The Hall–Kier alpha value is -0.840. The highest BCUT2D eigenvalue weighted by Gasteiger charge is 2.20. The number of aliphatic hydroxyl groups is 1. The van der Waals surface area contributed by atoms with Gasteiger partial charge >= 0.3 is 0 Å². The Bertz CT molecular complexity index is 424. The lowest BCUT2D eigenvalue weighted by Gasteiger charge is -2.18. The first-order valence-corrected chi connectivity index (χ1v) is 5.89. The highest BCUT2D eigenvalue weighted by Crippen LogP contribution is 2.26. The molecule has 0 aromatic heterocycles. The van der Waals surface area contributed by atoms with Crippen molar-refractivity contribution < 1.29 is 5.11 Å². The van der Waals surface area contributed by atoms with Crippen LogP contribution in [0, 0.1) is 0 Å². The molecule has 1 unspecified atom stereocenters. The second-order valence-corrected chi connectivity index (χ2v) is 4.76. The lowest BCUT2D eigenvalue weighted by Crippen LogP contribution is -2.21. The van der Waals surface area contributed by atoms with Gasteiger partial charge in [0.05, 0.1) is 11.1 Å². The molecule has 3 nitrogen and oxygen atoms in total. The van der Waals surface area contributed by atoms with Crippen LogP contribution in [-0.4, -0.2) is 29.3 Å². The monoisotopic (exact) mass is 256 g/mol. The van der Waals surface area contributed by atoms with Gasteiger partial charge in [0.25, 0.3) is 0 Å². The number of aliphatic hydroxyl groups excluding tert-OH is 1. The Kier molecular flexibility index (Phi) is 3.33. The van der Waals surface area contributed by atoms with Crippen molar-refractivity contribution in [1.29, 1.82) is 0 Å². The average molecular weight is 257 g/mol. The minimum absolute atomic E-state index is 0.242. The third-order valence-corrected chi connectivity index (χ3v) is 3.28. The molecule has 0 bridgehead atoms. The van der Waals surface area contributed by atoms with Crippen molar-refractivity contribution in [2.45, 2.75) is 12.5 Å². The van der Waals surface area contributed by atoms with E-state index in [1.54, 1.807) is 0 Å². The number of nitrogens with zero attached hydrogens (tertiary/aromatic N) is 1. The number of hydrogen-bond acceptors (Lipinski definition) is 3. The molecule has 1 fully saturated rings. The van der Waals surface area contributed by atoms with Crippen molar-refractivity contribution in [3.05, 3.63) is 28.8 Å². The van der Waals surface area contributed by atoms with E-state index in [2.05, 4.69) is 4.90 Å². The van der Waals surface area contributed by atoms with Gasteiger partial charge in [-0.25, -0.2) is 0 Å². The van der Waals surface area contributed by atoms with Crippen LogP contribution in [0.2, 0.25) is 5.02 Å². The zero-order valence-corrected chi connectivity index (χ0v) is 10.3. The minimum atomic E-state index is -0.242. The molecule has 3 N–H and O–H groups in total. The summed E-state index contributed by atoms with van der Waals surface area (Å²) in [6.45, 7) is 1.51. The minimum Gasteiger partial charge on any atom is -0.391 e. The molecule has 0 aliphatic carbocycles. The van der Waals surface area contributed by atoms with Crippen molar-refractivity contribution in [2.24, 2.45) is 5.73 Å². The lowest BCUT2D eigenvalue weighted by molar-refractivity contribution is 0.198. The van der Waals surface area contributed by atoms with Gasteiger partial charge in [-0.1, -0.05) is 23.8 Å². The third kappa shape index (κ3) is 2.29. The van der Waals surface area contributed by atoms with Gasteiger partial charge in [-0.3, -0.25) is 0 Å². The van der Waals surface area contributed by atoms with Crippen LogP contribution in [0.4, 0.5) is 5.69 Å². The highest BCUT2D eigenvalue weighted by atomic mass is 35.5. The summed E-state index contributed by atoms with van der Waals surface area (Å²) in [6.07, 6.45) is 0.559. The molecule has 1 aromatic carbocycles. The van der Waals surface area contributed by atoms with E-state index in [0.29, 0.717) is 22.1 Å². The number of anilines is 1. The molecule has 2 rings (SSSR count). The molecule has 1 aliphatic rings. The summed E-state index contributed by atoms with van der Waals surface area (Å²) >= 11 is 11.0. The van der Waals surface area contributed by atoms with E-state index in [1.165, 1.54) is 0 Å². The fourth-order valence-electron chi connectivity index (χ4n) is 1.88. The summed E-state index contributed by atoms with van der Waals surface area (Å²) in [5, 5.41) is 10.0. The van der Waals surface area contributed by atoms with Gasteiger partial charge in [-0.05, 0) is 24.6 Å². The topological polar surface area (TPSA) is 49.5 Å². The van der Waals surface area contributed by atoms with Gasteiger partial charge in [-0.2, -0.15) is 0 Å². The van der Waals surface area contributed by atoms with E-state index in [9.17, 15) is 5.11 Å². The maximum atomic E-state index is 9.46. The van der Waals surface area contributed by atoms with Gasteiger partial charge in [0.15, 0.2) is 0 Å². The molecule has 0 radical (unpaired) electrons. The maximum absolute atomic E-state index is 9.46. The van der Waals surface area contributed by atoms with Crippen molar-refractivity contribution in [3.8, 4) is 0 Å². The number of thiocarbonyl (C=S) groups is 1. The summed E-state index contributed by atoms with van der Waals surface area (Å²) in [5.74, 6) is 0.